The van der Waals surface area contributed by atoms with Crippen LogP contribution in [0.4, 0.5) is 5.69 Å². The van der Waals surface area contributed by atoms with Gasteiger partial charge in [-0.15, -0.1) is 0 Å². The lowest BCUT2D eigenvalue weighted by Crippen LogP contribution is -2.52. The molecular weight excluding hydrogens is 498 g/mol. The lowest BCUT2D eigenvalue weighted by molar-refractivity contribution is -0.139. The first-order valence-electron chi connectivity index (χ1n) is 12.7. The molecule has 0 saturated heterocycles. The van der Waals surface area contributed by atoms with Crippen molar-refractivity contribution in [3.63, 3.8) is 0 Å². The molecule has 0 spiro atoms. The van der Waals surface area contributed by atoms with Crippen LogP contribution in [0.5, 0.6) is 0 Å². The van der Waals surface area contributed by atoms with Gasteiger partial charge in [0.2, 0.25) is 11.8 Å². The summed E-state index contributed by atoms with van der Waals surface area (Å²) in [5, 5.41) is 2.87. The van der Waals surface area contributed by atoms with E-state index in [9.17, 15) is 18.0 Å². The monoisotopic (exact) mass is 535 g/mol. The van der Waals surface area contributed by atoms with E-state index in [-0.39, 0.29) is 23.4 Å². The van der Waals surface area contributed by atoms with Gasteiger partial charge in [0.05, 0.1) is 10.6 Å². The highest BCUT2D eigenvalue weighted by atomic mass is 32.2. The van der Waals surface area contributed by atoms with Crippen molar-refractivity contribution in [1.82, 2.24) is 10.2 Å². The predicted molar refractivity (Wildman–Crippen MR) is 151 cm³/mol. The van der Waals surface area contributed by atoms with Gasteiger partial charge < -0.3 is 10.2 Å². The lowest BCUT2D eigenvalue weighted by atomic mass is 10.1. The van der Waals surface area contributed by atoms with Gasteiger partial charge in [-0.2, -0.15) is 0 Å². The molecule has 0 aromatic heterocycles. The van der Waals surface area contributed by atoms with Crippen LogP contribution in [0.25, 0.3) is 0 Å². The molecule has 202 valence electrons. The van der Waals surface area contributed by atoms with Gasteiger partial charge in [-0.05, 0) is 88.1 Å². The molecule has 1 atom stereocenters. The second kappa shape index (κ2) is 12.3. The summed E-state index contributed by atoms with van der Waals surface area (Å²) in [5.74, 6) is -0.774. The molecule has 8 heteroatoms. The highest BCUT2D eigenvalue weighted by Crippen LogP contribution is 2.26. The fraction of sp³-hybridized carbons (Fsp3) is 0.333. The van der Waals surface area contributed by atoms with Crippen molar-refractivity contribution in [2.45, 2.75) is 65.1 Å². The topological polar surface area (TPSA) is 86.8 Å². The number of hydrogen-bond acceptors (Lipinski definition) is 4. The van der Waals surface area contributed by atoms with Crippen LogP contribution in [-0.2, 0) is 26.2 Å². The highest BCUT2D eigenvalue weighted by molar-refractivity contribution is 7.92. The van der Waals surface area contributed by atoms with Crippen molar-refractivity contribution < 1.29 is 18.0 Å². The van der Waals surface area contributed by atoms with Crippen molar-refractivity contribution in [3.05, 3.63) is 95.1 Å². The van der Waals surface area contributed by atoms with Crippen molar-refractivity contribution in [2.75, 3.05) is 10.8 Å². The van der Waals surface area contributed by atoms with Crippen LogP contribution in [0, 0.1) is 20.8 Å². The summed E-state index contributed by atoms with van der Waals surface area (Å²) in [7, 11) is -4.08. The number of nitrogens with zero attached hydrogens (tertiary/aromatic N) is 2. The Kier molecular flexibility index (Phi) is 9.33. The van der Waals surface area contributed by atoms with Crippen LogP contribution in [0.1, 0.15) is 43.0 Å². The van der Waals surface area contributed by atoms with E-state index in [4.69, 9.17) is 0 Å². The summed E-state index contributed by atoms with van der Waals surface area (Å²) in [6.07, 6.45) is 0. The summed E-state index contributed by atoms with van der Waals surface area (Å²) >= 11 is 0. The molecule has 0 heterocycles. The Morgan fingerprint density at radius 1 is 0.842 bits per heavy atom. The van der Waals surface area contributed by atoms with E-state index in [0.717, 1.165) is 26.6 Å². The average Bonchev–Trinajstić information content (AvgIpc) is 2.85. The van der Waals surface area contributed by atoms with Gasteiger partial charge in [0.1, 0.15) is 12.6 Å². The van der Waals surface area contributed by atoms with Crippen LogP contribution in [0.15, 0.2) is 77.7 Å². The van der Waals surface area contributed by atoms with E-state index >= 15 is 0 Å². The summed E-state index contributed by atoms with van der Waals surface area (Å²) in [6.45, 7) is 10.8. The van der Waals surface area contributed by atoms with Gasteiger partial charge >= 0.3 is 0 Å². The Morgan fingerprint density at radius 3 is 2.00 bits per heavy atom. The zero-order valence-electron chi connectivity index (χ0n) is 22.9. The Bertz CT molecular complexity index is 1370. The molecule has 3 aromatic carbocycles. The van der Waals surface area contributed by atoms with Crippen molar-refractivity contribution in [2.24, 2.45) is 0 Å². The third-order valence-electron chi connectivity index (χ3n) is 6.30. The molecule has 0 aliphatic heterocycles. The number of aryl methyl sites for hydroxylation is 3. The molecular formula is C30H37N3O4S. The molecule has 0 radical (unpaired) electrons. The van der Waals surface area contributed by atoms with E-state index in [1.807, 2.05) is 65.0 Å². The van der Waals surface area contributed by atoms with Gasteiger partial charge in [-0.1, -0.05) is 48.5 Å². The van der Waals surface area contributed by atoms with Crippen molar-refractivity contribution >= 4 is 27.5 Å². The molecule has 0 unspecified atom stereocenters. The summed E-state index contributed by atoms with van der Waals surface area (Å²) in [4.78, 5) is 28.5. The van der Waals surface area contributed by atoms with E-state index in [0.29, 0.717) is 5.69 Å². The van der Waals surface area contributed by atoms with Crippen LogP contribution >= 0.6 is 0 Å². The molecule has 3 rings (SSSR count). The maximum atomic E-state index is 14.0. The van der Waals surface area contributed by atoms with Gasteiger partial charge in [0.25, 0.3) is 10.0 Å². The van der Waals surface area contributed by atoms with Gasteiger partial charge in [0.15, 0.2) is 0 Å². The molecule has 38 heavy (non-hydrogen) atoms. The van der Waals surface area contributed by atoms with Crippen LogP contribution in [0.2, 0.25) is 0 Å². The Balaban J connectivity index is 2.07. The Hall–Kier alpha value is -3.65. The number of rotatable bonds is 10. The smallest absolute Gasteiger partial charge is 0.264 e. The molecule has 0 bridgehead atoms. The van der Waals surface area contributed by atoms with Crippen molar-refractivity contribution in [3.8, 4) is 0 Å². The minimum Gasteiger partial charge on any atom is -0.352 e. The molecule has 0 aliphatic rings. The summed E-state index contributed by atoms with van der Waals surface area (Å²) in [6, 6.07) is 20.2. The number of amides is 2. The second-order valence-corrected chi connectivity index (χ2v) is 11.8. The largest absolute Gasteiger partial charge is 0.352 e. The molecule has 0 fully saturated rings. The fourth-order valence-corrected chi connectivity index (χ4v) is 5.72. The third kappa shape index (κ3) is 7.01. The zero-order valence-corrected chi connectivity index (χ0v) is 23.7. The van der Waals surface area contributed by atoms with Gasteiger partial charge in [-0.25, -0.2) is 8.42 Å². The number of benzene rings is 3. The predicted octanol–water partition coefficient (Wildman–Crippen LogP) is 4.75. The number of carbonyl (C=O) groups excluding carboxylic acids is 2. The molecule has 7 nitrogen and oxygen atoms in total. The second-order valence-electron chi connectivity index (χ2n) is 9.96. The Labute approximate surface area is 226 Å². The number of carbonyl (C=O) groups is 2. The third-order valence-corrected chi connectivity index (χ3v) is 8.09. The number of anilines is 1. The lowest BCUT2D eigenvalue weighted by Gasteiger charge is -2.32. The zero-order chi connectivity index (χ0) is 28.0. The van der Waals surface area contributed by atoms with E-state index in [1.54, 1.807) is 37.3 Å². The highest BCUT2D eigenvalue weighted by Gasteiger charge is 2.33. The SMILES string of the molecule is Cc1cc(C)cc(N(CC(=O)N(Cc2ccccc2C)[C@H](C)C(=O)NC(C)C)S(=O)(=O)c2ccccc2)c1. The van der Waals surface area contributed by atoms with E-state index in [2.05, 4.69) is 5.32 Å². The number of nitrogens with one attached hydrogen (secondary N) is 1. The van der Waals surface area contributed by atoms with Crippen molar-refractivity contribution in [1.29, 1.82) is 0 Å². The normalized spacial score (nSPS) is 12.2. The minimum absolute atomic E-state index is 0.0861. The molecule has 0 aliphatic carbocycles. The first-order chi connectivity index (χ1) is 17.9. The summed E-state index contributed by atoms with van der Waals surface area (Å²) in [5.41, 5.74) is 4.01. The van der Waals surface area contributed by atoms with Crippen LogP contribution < -0.4 is 9.62 Å². The quantitative estimate of drug-likeness (QED) is 0.406. The molecule has 2 amide bonds. The first-order valence-corrected chi connectivity index (χ1v) is 14.1. The van der Waals surface area contributed by atoms with Crippen LogP contribution in [0.3, 0.4) is 0 Å². The first kappa shape index (κ1) is 28.9. The Morgan fingerprint density at radius 2 is 1.42 bits per heavy atom. The van der Waals surface area contributed by atoms with Gasteiger partial charge in [-0.3, -0.25) is 13.9 Å². The minimum atomic E-state index is -4.08. The number of sulfonamides is 1. The standard InChI is InChI=1S/C30H37N3O4S/c1-21(2)31-30(35)25(6)32(19-26-13-11-10-12-24(26)5)29(34)20-33(27-17-22(3)16-23(4)18-27)38(36,37)28-14-8-7-9-15-28/h7-18,21,25H,19-20H2,1-6H3,(H,31,35)/t25-/m1/s1. The van der Waals surface area contributed by atoms with Crippen LogP contribution in [-0.4, -0.2) is 43.8 Å². The fourth-order valence-electron chi connectivity index (χ4n) is 4.30. The van der Waals surface area contributed by atoms with Gasteiger partial charge in [0, 0.05) is 12.6 Å². The van der Waals surface area contributed by atoms with E-state index < -0.39 is 28.5 Å². The van der Waals surface area contributed by atoms with E-state index in [1.165, 1.54) is 17.0 Å². The average molecular weight is 536 g/mol. The molecule has 3 aromatic rings. The molecule has 0 saturated carbocycles. The molecule has 1 N–H and O–H groups in total. The number of hydrogen-bond donors (Lipinski definition) is 1. The maximum absolute atomic E-state index is 14.0. The maximum Gasteiger partial charge on any atom is 0.264 e. The summed E-state index contributed by atoms with van der Waals surface area (Å²) < 4.78 is 28.8.